The van der Waals surface area contributed by atoms with E-state index < -0.39 is 0 Å². The largest absolute Gasteiger partial charge is 0.490 e. The molecule has 0 fully saturated rings. The molecule has 1 aliphatic heterocycles. The molecule has 19 heavy (non-hydrogen) atoms. The Bertz CT molecular complexity index is 426. The van der Waals surface area contributed by atoms with Crippen LogP contribution in [0.5, 0.6) is 11.5 Å². The molecule has 1 aromatic carbocycles. The number of fused-ring (bicyclic) bond motifs is 1. The van der Waals surface area contributed by atoms with E-state index in [2.05, 4.69) is 5.32 Å². The Balaban J connectivity index is 0.00000180. The highest BCUT2D eigenvalue weighted by Crippen LogP contribution is 2.30. The minimum absolute atomic E-state index is 0. The van der Waals surface area contributed by atoms with Crippen molar-refractivity contribution in [3.8, 4) is 11.5 Å². The highest BCUT2D eigenvalue weighted by Gasteiger charge is 2.13. The van der Waals surface area contributed by atoms with Gasteiger partial charge in [0, 0.05) is 18.5 Å². The van der Waals surface area contributed by atoms with Crippen LogP contribution in [-0.4, -0.2) is 32.2 Å². The van der Waals surface area contributed by atoms with Crippen LogP contribution in [0.1, 0.15) is 23.2 Å². The van der Waals surface area contributed by atoms with Gasteiger partial charge in [0.1, 0.15) is 0 Å². The molecule has 1 amide bonds. The Kier molecular flexibility index (Phi) is 6.45. The summed E-state index contributed by atoms with van der Waals surface area (Å²) in [6, 6.07) is 5.24. The van der Waals surface area contributed by atoms with E-state index in [1.165, 1.54) is 0 Å². The second kappa shape index (κ2) is 7.86. The van der Waals surface area contributed by atoms with Crippen molar-refractivity contribution < 1.29 is 14.3 Å². The van der Waals surface area contributed by atoms with Crippen molar-refractivity contribution in [2.45, 2.75) is 12.8 Å². The van der Waals surface area contributed by atoms with Crippen LogP contribution >= 0.6 is 12.4 Å². The molecule has 3 N–H and O–H groups in total. The number of nitrogens with two attached hydrogens (primary N) is 1. The Labute approximate surface area is 118 Å². The highest BCUT2D eigenvalue weighted by molar-refractivity contribution is 5.94. The molecule has 0 atom stereocenters. The van der Waals surface area contributed by atoms with Crippen LogP contribution in [0, 0.1) is 0 Å². The van der Waals surface area contributed by atoms with E-state index in [4.69, 9.17) is 15.2 Å². The van der Waals surface area contributed by atoms with Crippen molar-refractivity contribution in [1.82, 2.24) is 5.32 Å². The van der Waals surface area contributed by atoms with E-state index in [-0.39, 0.29) is 18.3 Å². The molecule has 1 aliphatic rings. The van der Waals surface area contributed by atoms with E-state index in [1.54, 1.807) is 18.2 Å². The number of benzene rings is 1. The molecular formula is C13H19ClN2O3. The van der Waals surface area contributed by atoms with Crippen LogP contribution in [-0.2, 0) is 0 Å². The smallest absolute Gasteiger partial charge is 0.251 e. The topological polar surface area (TPSA) is 73.6 Å². The standard InChI is InChI=1S/C13H18N2O3.ClH/c14-5-1-6-15-13(16)10-3-4-11-12(9-10)18-8-2-7-17-11;/h3-4,9H,1-2,5-8,14H2,(H,15,16);1H. The maximum Gasteiger partial charge on any atom is 0.251 e. The summed E-state index contributed by atoms with van der Waals surface area (Å²) in [6.45, 7) is 2.42. The average molecular weight is 287 g/mol. The normalized spacial score (nSPS) is 13.1. The highest BCUT2D eigenvalue weighted by atomic mass is 35.5. The summed E-state index contributed by atoms with van der Waals surface area (Å²) in [5.41, 5.74) is 5.95. The quantitative estimate of drug-likeness (QED) is 0.820. The third-order valence-corrected chi connectivity index (χ3v) is 2.68. The molecule has 106 valence electrons. The Morgan fingerprint density at radius 2 is 2.00 bits per heavy atom. The molecule has 0 spiro atoms. The maximum absolute atomic E-state index is 11.8. The van der Waals surface area contributed by atoms with Crippen LogP contribution < -0.4 is 20.5 Å². The summed E-state index contributed by atoms with van der Waals surface area (Å²) in [5, 5.41) is 2.81. The van der Waals surface area contributed by atoms with E-state index in [9.17, 15) is 4.79 Å². The van der Waals surface area contributed by atoms with Gasteiger partial charge in [0.05, 0.1) is 13.2 Å². The zero-order chi connectivity index (χ0) is 12.8. The molecule has 6 heteroatoms. The van der Waals surface area contributed by atoms with Crippen molar-refractivity contribution >= 4 is 18.3 Å². The summed E-state index contributed by atoms with van der Waals surface area (Å²) >= 11 is 0. The Hall–Kier alpha value is -1.46. The number of halogens is 1. The summed E-state index contributed by atoms with van der Waals surface area (Å²) in [4.78, 5) is 11.8. The summed E-state index contributed by atoms with van der Waals surface area (Å²) in [7, 11) is 0. The first kappa shape index (κ1) is 15.6. The van der Waals surface area contributed by atoms with Gasteiger partial charge in [-0.1, -0.05) is 0 Å². The van der Waals surface area contributed by atoms with Gasteiger partial charge in [0.2, 0.25) is 0 Å². The van der Waals surface area contributed by atoms with Gasteiger partial charge < -0.3 is 20.5 Å². The molecule has 0 aliphatic carbocycles. The van der Waals surface area contributed by atoms with Gasteiger partial charge in [-0.3, -0.25) is 4.79 Å². The van der Waals surface area contributed by atoms with Crippen LogP contribution in [0.15, 0.2) is 18.2 Å². The molecule has 5 nitrogen and oxygen atoms in total. The first-order valence-corrected chi connectivity index (χ1v) is 6.19. The van der Waals surface area contributed by atoms with Gasteiger partial charge in [-0.15, -0.1) is 12.4 Å². The molecule has 0 radical (unpaired) electrons. The zero-order valence-electron chi connectivity index (χ0n) is 10.7. The average Bonchev–Trinajstić information content (AvgIpc) is 2.63. The molecular weight excluding hydrogens is 268 g/mol. The number of ether oxygens (including phenoxy) is 2. The summed E-state index contributed by atoms with van der Waals surface area (Å²) < 4.78 is 11.0. The van der Waals surface area contributed by atoms with Crippen LogP contribution in [0.4, 0.5) is 0 Å². The van der Waals surface area contributed by atoms with Crippen molar-refractivity contribution in [3.63, 3.8) is 0 Å². The summed E-state index contributed by atoms with van der Waals surface area (Å²) in [6.07, 6.45) is 1.63. The van der Waals surface area contributed by atoms with Crippen LogP contribution in [0.3, 0.4) is 0 Å². The molecule has 0 aromatic heterocycles. The third kappa shape index (κ3) is 4.29. The lowest BCUT2D eigenvalue weighted by atomic mass is 10.2. The molecule has 0 saturated heterocycles. The van der Waals surface area contributed by atoms with E-state index >= 15 is 0 Å². The molecule has 0 bridgehead atoms. The number of nitrogens with one attached hydrogen (secondary N) is 1. The van der Waals surface area contributed by atoms with Crippen molar-refractivity contribution in [1.29, 1.82) is 0 Å². The molecule has 1 aromatic rings. The summed E-state index contributed by atoms with van der Waals surface area (Å²) in [5.74, 6) is 1.23. The van der Waals surface area contributed by atoms with Gasteiger partial charge in [-0.2, -0.15) is 0 Å². The first-order chi connectivity index (χ1) is 8.81. The van der Waals surface area contributed by atoms with Crippen LogP contribution in [0.2, 0.25) is 0 Å². The van der Waals surface area contributed by atoms with E-state index in [1.807, 2.05) is 0 Å². The van der Waals surface area contributed by atoms with E-state index in [0.717, 1.165) is 12.8 Å². The maximum atomic E-state index is 11.8. The number of amides is 1. The molecule has 2 rings (SSSR count). The fourth-order valence-corrected chi connectivity index (χ4v) is 1.71. The van der Waals surface area contributed by atoms with Crippen molar-refractivity contribution in [3.05, 3.63) is 23.8 Å². The number of carbonyl (C=O) groups is 1. The lowest BCUT2D eigenvalue weighted by molar-refractivity contribution is 0.0953. The van der Waals surface area contributed by atoms with Gasteiger partial charge in [0.25, 0.3) is 5.91 Å². The number of hydrogen-bond donors (Lipinski definition) is 2. The van der Waals surface area contributed by atoms with Gasteiger partial charge in [0.15, 0.2) is 11.5 Å². The third-order valence-electron chi connectivity index (χ3n) is 2.68. The number of hydrogen-bond acceptors (Lipinski definition) is 4. The fraction of sp³-hybridized carbons (Fsp3) is 0.462. The lowest BCUT2D eigenvalue weighted by Crippen LogP contribution is -2.25. The van der Waals surface area contributed by atoms with E-state index in [0.29, 0.717) is 43.4 Å². The number of rotatable bonds is 4. The minimum atomic E-state index is -0.112. The van der Waals surface area contributed by atoms with Crippen LogP contribution in [0.25, 0.3) is 0 Å². The fourth-order valence-electron chi connectivity index (χ4n) is 1.71. The molecule has 1 heterocycles. The predicted molar refractivity (Wildman–Crippen MR) is 75.3 cm³/mol. The second-order valence-corrected chi connectivity index (χ2v) is 4.11. The van der Waals surface area contributed by atoms with Crippen molar-refractivity contribution in [2.75, 3.05) is 26.3 Å². The Morgan fingerprint density at radius 1 is 1.26 bits per heavy atom. The number of carbonyl (C=O) groups excluding carboxylic acids is 1. The SMILES string of the molecule is Cl.NCCCNC(=O)c1ccc2c(c1)OCCCO2. The van der Waals surface area contributed by atoms with Gasteiger partial charge in [-0.25, -0.2) is 0 Å². The predicted octanol–water partition coefficient (Wildman–Crippen LogP) is 1.35. The zero-order valence-corrected chi connectivity index (χ0v) is 11.5. The van der Waals surface area contributed by atoms with Gasteiger partial charge in [-0.05, 0) is 31.2 Å². The molecule has 0 unspecified atom stereocenters. The first-order valence-electron chi connectivity index (χ1n) is 6.19. The Morgan fingerprint density at radius 3 is 2.74 bits per heavy atom. The minimum Gasteiger partial charge on any atom is -0.490 e. The monoisotopic (exact) mass is 286 g/mol. The van der Waals surface area contributed by atoms with Crippen molar-refractivity contribution in [2.24, 2.45) is 5.73 Å². The second-order valence-electron chi connectivity index (χ2n) is 4.11. The lowest BCUT2D eigenvalue weighted by Gasteiger charge is -2.09. The molecule has 0 saturated carbocycles. The van der Waals surface area contributed by atoms with Gasteiger partial charge >= 0.3 is 0 Å².